The number of halogens is 1. The number of nitrogens with zero attached hydrogens (tertiary/aromatic N) is 3. The first-order valence-electron chi connectivity index (χ1n) is 7.66. The van der Waals surface area contributed by atoms with E-state index in [1.165, 1.54) is 19.4 Å². The minimum Gasteiger partial charge on any atom is -0.444 e. The second-order valence-corrected chi connectivity index (χ2v) is 5.83. The molecule has 2 heterocycles. The second-order valence-electron chi connectivity index (χ2n) is 5.42. The van der Waals surface area contributed by atoms with Crippen LogP contribution in [0.15, 0.2) is 47.3 Å². The van der Waals surface area contributed by atoms with Gasteiger partial charge < -0.3 is 9.15 Å². The SMILES string of the molecule is CC(=O)c1nc(Cn2cc(NC(=O)OCc3ccccc3Cl)cn2)co1. The highest BCUT2D eigenvalue weighted by Gasteiger charge is 2.11. The summed E-state index contributed by atoms with van der Waals surface area (Å²) in [5.74, 6) is -0.200. The number of amides is 1. The molecule has 0 aliphatic heterocycles. The number of benzene rings is 1. The normalized spacial score (nSPS) is 10.5. The minimum absolute atomic E-state index is 0.0497. The maximum absolute atomic E-state index is 11.9. The zero-order chi connectivity index (χ0) is 18.5. The summed E-state index contributed by atoms with van der Waals surface area (Å²) in [6.45, 7) is 1.74. The van der Waals surface area contributed by atoms with Crippen LogP contribution < -0.4 is 5.32 Å². The maximum Gasteiger partial charge on any atom is 0.412 e. The Morgan fingerprint density at radius 1 is 1.35 bits per heavy atom. The third-order valence-electron chi connectivity index (χ3n) is 3.37. The summed E-state index contributed by atoms with van der Waals surface area (Å²) in [4.78, 5) is 27.1. The van der Waals surface area contributed by atoms with Crippen molar-refractivity contribution in [2.45, 2.75) is 20.1 Å². The van der Waals surface area contributed by atoms with Gasteiger partial charge in [-0.25, -0.2) is 9.78 Å². The standard InChI is InChI=1S/C17H15ClN4O4/c1-11(23)16-20-14(10-25-16)8-22-7-13(6-19-22)21-17(24)26-9-12-4-2-3-5-15(12)18/h2-7,10H,8-9H2,1H3,(H,21,24). The highest BCUT2D eigenvalue weighted by molar-refractivity contribution is 6.31. The number of hydrogen-bond acceptors (Lipinski definition) is 6. The molecule has 3 aromatic rings. The van der Waals surface area contributed by atoms with Crippen LogP contribution in [0, 0.1) is 0 Å². The van der Waals surface area contributed by atoms with Gasteiger partial charge in [0.05, 0.1) is 18.4 Å². The molecule has 0 bridgehead atoms. The molecule has 0 unspecified atom stereocenters. The summed E-state index contributed by atoms with van der Waals surface area (Å²) in [7, 11) is 0. The Hall–Kier alpha value is -3.13. The predicted molar refractivity (Wildman–Crippen MR) is 93.1 cm³/mol. The van der Waals surface area contributed by atoms with Crippen LogP contribution in [0.25, 0.3) is 0 Å². The van der Waals surface area contributed by atoms with E-state index in [-0.39, 0.29) is 18.3 Å². The summed E-state index contributed by atoms with van der Waals surface area (Å²) in [6.07, 6.45) is 3.86. The van der Waals surface area contributed by atoms with Crippen molar-refractivity contribution < 1.29 is 18.7 Å². The lowest BCUT2D eigenvalue weighted by molar-refractivity contribution is 0.0980. The number of Topliss-reactive ketones (excluding diaryl/α,β-unsaturated/α-hetero) is 1. The number of ketones is 1. The van der Waals surface area contributed by atoms with E-state index in [1.54, 1.807) is 29.1 Å². The van der Waals surface area contributed by atoms with Gasteiger partial charge in [-0.2, -0.15) is 5.10 Å². The Bertz CT molecular complexity index is 934. The van der Waals surface area contributed by atoms with Crippen LogP contribution in [0.4, 0.5) is 10.5 Å². The average Bonchev–Trinajstić information content (AvgIpc) is 3.24. The number of ether oxygens (including phenoxy) is 1. The number of aromatic nitrogens is 3. The summed E-state index contributed by atoms with van der Waals surface area (Å²) in [5, 5.41) is 7.22. The molecule has 0 spiro atoms. The third-order valence-corrected chi connectivity index (χ3v) is 3.74. The molecule has 0 aliphatic rings. The van der Waals surface area contributed by atoms with Gasteiger partial charge in [-0.15, -0.1) is 0 Å². The monoisotopic (exact) mass is 374 g/mol. The Labute approximate surface area is 153 Å². The van der Waals surface area contributed by atoms with Gasteiger partial charge in [0.15, 0.2) is 0 Å². The Kier molecular flexibility index (Phi) is 5.33. The number of rotatable bonds is 6. The summed E-state index contributed by atoms with van der Waals surface area (Å²) in [5.41, 5.74) is 1.72. The fourth-order valence-electron chi connectivity index (χ4n) is 2.13. The molecule has 3 rings (SSSR count). The quantitative estimate of drug-likeness (QED) is 0.662. The van der Waals surface area contributed by atoms with Crippen LogP contribution >= 0.6 is 11.6 Å². The average molecular weight is 375 g/mol. The Morgan fingerprint density at radius 3 is 2.88 bits per heavy atom. The summed E-state index contributed by atoms with van der Waals surface area (Å²) < 4.78 is 11.7. The molecule has 0 saturated carbocycles. The number of anilines is 1. The number of carbonyl (C=O) groups is 2. The van der Waals surface area contributed by atoms with E-state index in [0.717, 1.165) is 0 Å². The molecule has 26 heavy (non-hydrogen) atoms. The molecule has 1 amide bonds. The molecular weight excluding hydrogens is 360 g/mol. The number of hydrogen-bond donors (Lipinski definition) is 1. The maximum atomic E-state index is 11.9. The van der Waals surface area contributed by atoms with Crippen molar-refractivity contribution in [3.05, 3.63) is 65.1 Å². The molecule has 9 heteroatoms. The lowest BCUT2D eigenvalue weighted by Crippen LogP contribution is -2.13. The fraction of sp³-hybridized carbons (Fsp3) is 0.176. The van der Waals surface area contributed by atoms with Gasteiger partial charge in [0.1, 0.15) is 18.6 Å². The molecular formula is C17H15ClN4O4. The highest BCUT2D eigenvalue weighted by Crippen LogP contribution is 2.16. The van der Waals surface area contributed by atoms with Crippen LogP contribution in [0.1, 0.15) is 28.9 Å². The van der Waals surface area contributed by atoms with Gasteiger partial charge in [0, 0.05) is 23.7 Å². The van der Waals surface area contributed by atoms with E-state index >= 15 is 0 Å². The second kappa shape index (κ2) is 7.83. The van der Waals surface area contributed by atoms with Crippen molar-refractivity contribution in [2.24, 2.45) is 0 Å². The highest BCUT2D eigenvalue weighted by atomic mass is 35.5. The molecule has 0 saturated heterocycles. The smallest absolute Gasteiger partial charge is 0.412 e. The number of carbonyl (C=O) groups excluding carboxylic acids is 2. The van der Waals surface area contributed by atoms with E-state index in [2.05, 4.69) is 15.4 Å². The first-order chi connectivity index (χ1) is 12.5. The number of nitrogens with one attached hydrogen (secondary N) is 1. The van der Waals surface area contributed by atoms with Crippen molar-refractivity contribution in [1.29, 1.82) is 0 Å². The van der Waals surface area contributed by atoms with Gasteiger partial charge in [-0.05, 0) is 6.07 Å². The van der Waals surface area contributed by atoms with E-state index in [4.69, 9.17) is 20.8 Å². The van der Waals surface area contributed by atoms with E-state index in [0.29, 0.717) is 28.5 Å². The van der Waals surface area contributed by atoms with Crippen LogP contribution in [0.3, 0.4) is 0 Å². The topological polar surface area (TPSA) is 99.2 Å². The summed E-state index contributed by atoms with van der Waals surface area (Å²) >= 11 is 6.01. The van der Waals surface area contributed by atoms with E-state index in [1.807, 2.05) is 6.07 Å². The van der Waals surface area contributed by atoms with Crippen molar-refractivity contribution in [2.75, 3.05) is 5.32 Å². The molecule has 8 nitrogen and oxygen atoms in total. The van der Waals surface area contributed by atoms with Crippen molar-refractivity contribution >= 4 is 29.2 Å². The zero-order valence-electron chi connectivity index (χ0n) is 13.8. The van der Waals surface area contributed by atoms with Crippen molar-refractivity contribution in [3.63, 3.8) is 0 Å². The largest absolute Gasteiger partial charge is 0.444 e. The van der Waals surface area contributed by atoms with Crippen LogP contribution in [-0.4, -0.2) is 26.6 Å². The molecule has 0 radical (unpaired) electrons. The van der Waals surface area contributed by atoms with Gasteiger partial charge >= 0.3 is 6.09 Å². The molecule has 2 aromatic heterocycles. The predicted octanol–water partition coefficient (Wildman–Crippen LogP) is 3.52. The van der Waals surface area contributed by atoms with Gasteiger partial charge in [-0.3, -0.25) is 14.8 Å². The minimum atomic E-state index is -0.621. The van der Waals surface area contributed by atoms with Crippen molar-refractivity contribution in [1.82, 2.24) is 14.8 Å². The van der Waals surface area contributed by atoms with Gasteiger partial charge in [-0.1, -0.05) is 29.8 Å². The Morgan fingerprint density at radius 2 is 2.15 bits per heavy atom. The zero-order valence-corrected chi connectivity index (χ0v) is 14.6. The molecule has 1 N–H and O–H groups in total. The first kappa shape index (κ1) is 17.7. The van der Waals surface area contributed by atoms with E-state index in [9.17, 15) is 9.59 Å². The van der Waals surface area contributed by atoms with Crippen LogP contribution in [0.5, 0.6) is 0 Å². The number of oxazole rings is 1. The molecule has 0 fully saturated rings. The molecule has 1 aromatic carbocycles. The molecule has 0 atom stereocenters. The van der Waals surface area contributed by atoms with Gasteiger partial charge in [0.25, 0.3) is 5.89 Å². The third kappa shape index (κ3) is 4.48. The fourth-order valence-corrected chi connectivity index (χ4v) is 2.32. The lowest BCUT2D eigenvalue weighted by Gasteiger charge is -2.06. The van der Waals surface area contributed by atoms with Gasteiger partial charge in [0.2, 0.25) is 5.78 Å². The van der Waals surface area contributed by atoms with Crippen LogP contribution in [-0.2, 0) is 17.9 Å². The Balaban J connectivity index is 1.53. The lowest BCUT2D eigenvalue weighted by atomic mass is 10.2. The van der Waals surface area contributed by atoms with Crippen molar-refractivity contribution in [3.8, 4) is 0 Å². The first-order valence-corrected chi connectivity index (χ1v) is 8.04. The van der Waals surface area contributed by atoms with E-state index < -0.39 is 6.09 Å². The van der Waals surface area contributed by atoms with Crippen LogP contribution in [0.2, 0.25) is 5.02 Å². The molecule has 134 valence electrons. The summed E-state index contributed by atoms with van der Waals surface area (Å²) in [6, 6.07) is 7.12. The molecule has 0 aliphatic carbocycles.